The molecule has 20 heavy (non-hydrogen) atoms. The summed E-state index contributed by atoms with van der Waals surface area (Å²) in [5.74, 6) is 2.30. The molecule has 3 rings (SSSR count). The van der Waals surface area contributed by atoms with Gasteiger partial charge in [-0.05, 0) is 38.5 Å². The summed E-state index contributed by atoms with van der Waals surface area (Å²) in [6.45, 7) is 5.21. The molecule has 5 heteroatoms. The lowest BCUT2D eigenvalue weighted by Gasteiger charge is -2.26. The van der Waals surface area contributed by atoms with E-state index in [1.54, 1.807) is 6.20 Å². The van der Waals surface area contributed by atoms with Crippen LogP contribution in [-0.4, -0.2) is 27.0 Å². The summed E-state index contributed by atoms with van der Waals surface area (Å²) in [6, 6.07) is 0. The van der Waals surface area contributed by atoms with E-state index in [0.29, 0.717) is 5.88 Å². The number of fused-ring (bicyclic) bond motifs is 1. The molecule has 0 aliphatic heterocycles. The van der Waals surface area contributed by atoms with E-state index in [1.165, 1.54) is 12.8 Å². The number of ether oxygens (including phenoxy) is 1. The van der Waals surface area contributed by atoms with E-state index in [-0.39, 0.29) is 6.10 Å². The summed E-state index contributed by atoms with van der Waals surface area (Å²) < 4.78 is 8.09. The van der Waals surface area contributed by atoms with Crippen LogP contribution >= 0.6 is 0 Å². The standard InChI is InChI=1S/C15H22N4O/c1-3-16-13-10-19-9-8-17-14(19)15(18-13)20-12-6-4-11(2)5-7-12/h8-12,16H,3-7H2,1-2H3. The molecule has 5 nitrogen and oxygen atoms in total. The molecule has 0 aromatic carbocycles. The molecule has 0 bridgehead atoms. The maximum absolute atomic E-state index is 6.13. The number of hydrogen-bond acceptors (Lipinski definition) is 4. The largest absolute Gasteiger partial charge is 0.472 e. The Hall–Kier alpha value is -1.78. The van der Waals surface area contributed by atoms with Crippen LogP contribution < -0.4 is 10.1 Å². The molecule has 1 aliphatic rings. The van der Waals surface area contributed by atoms with Crippen LogP contribution in [0.15, 0.2) is 18.6 Å². The molecule has 0 spiro atoms. The SMILES string of the molecule is CCNc1cn2ccnc2c(OC2CCC(C)CC2)n1. The predicted molar refractivity (Wildman–Crippen MR) is 79.2 cm³/mol. The van der Waals surface area contributed by atoms with Crippen molar-refractivity contribution >= 4 is 11.5 Å². The molecular formula is C15H22N4O. The van der Waals surface area contributed by atoms with E-state index in [2.05, 4.69) is 29.1 Å². The Balaban J connectivity index is 1.83. The minimum absolute atomic E-state index is 0.274. The second-order valence-electron chi connectivity index (χ2n) is 5.62. The number of hydrogen-bond donors (Lipinski definition) is 1. The van der Waals surface area contributed by atoms with Gasteiger partial charge in [0.15, 0.2) is 0 Å². The van der Waals surface area contributed by atoms with E-state index >= 15 is 0 Å². The van der Waals surface area contributed by atoms with Crippen molar-refractivity contribution < 1.29 is 4.74 Å². The highest BCUT2D eigenvalue weighted by atomic mass is 16.5. The van der Waals surface area contributed by atoms with Gasteiger partial charge >= 0.3 is 0 Å². The number of anilines is 1. The van der Waals surface area contributed by atoms with Gasteiger partial charge in [-0.1, -0.05) is 6.92 Å². The topological polar surface area (TPSA) is 51.5 Å². The van der Waals surface area contributed by atoms with Gasteiger partial charge in [-0.15, -0.1) is 0 Å². The van der Waals surface area contributed by atoms with E-state index in [4.69, 9.17) is 4.74 Å². The fourth-order valence-electron chi connectivity index (χ4n) is 2.75. The number of nitrogens with zero attached hydrogens (tertiary/aromatic N) is 3. The number of aromatic nitrogens is 3. The normalized spacial score (nSPS) is 22.9. The molecular weight excluding hydrogens is 252 g/mol. The van der Waals surface area contributed by atoms with Crippen molar-refractivity contribution in [3.05, 3.63) is 18.6 Å². The summed E-state index contributed by atoms with van der Waals surface area (Å²) >= 11 is 0. The summed E-state index contributed by atoms with van der Waals surface area (Å²) in [5, 5.41) is 3.23. The van der Waals surface area contributed by atoms with Crippen molar-refractivity contribution in [3.63, 3.8) is 0 Å². The third kappa shape index (κ3) is 2.71. The minimum Gasteiger partial charge on any atom is -0.472 e. The smallest absolute Gasteiger partial charge is 0.260 e. The van der Waals surface area contributed by atoms with E-state index in [0.717, 1.165) is 36.8 Å². The van der Waals surface area contributed by atoms with E-state index in [1.807, 2.05) is 16.8 Å². The predicted octanol–water partition coefficient (Wildman–Crippen LogP) is 3.12. The molecule has 0 radical (unpaired) electrons. The third-order valence-corrected chi connectivity index (χ3v) is 3.94. The number of nitrogens with one attached hydrogen (secondary N) is 1. The highest BCUT2D eigenvalue weighted by Gasteiger charge is 2.21. The Morgan fingerprint density at radius 3 is 2.90 bits per heavy atom. The lowest BCUT2D eigenvalue weighted by molar-refractivity contribution is 0.131. The lowest BCUT2D eigenvalue weighted by Crippen LogP contribution is -2.24. The summed E-state index contributed by atoms with van der Waals surface area (Å²) in [4.78, 5) is 8.91. The lowest BCUT2D eigenvalue weighted by atomic mass is 9.89. The van der Waals surface area contributed by atoms with Gasteiger partial charge in [0, 0.05) is 18.9 Å². The molecule has 0 amide bonds. The van der Waals surface area contributed by atoms with Crippen LogP contribution in [0, 0.1) is 5.92 Å². The van der Waals surface area contributed by atoms with Gasteiger partial charge in [-0.3, -0.25) is 4.40 Å². The molecule has 1 saturated carbocycles. The molecule has 2 aromatic heterocycles. The van der Waals surface area contributed by atoms with Gasteiger partial charge in [0.2, 0.25) is 5.65 Å². The quantitative estimate of drug-likeness (QED) is 0.930. The molecule has 1 N–H and O–H groups in total. The van der Waals surface area contributed by atoms with Crippen LogP contribution in [0.5, 0.6) is 5.88 Å². The molecule has 1 aliphatic carbocycles. The van der Waals surface area contributed by atoms with Gasteiger partial charge in [0.25, 0.3) is 5.88 Å². The monoisotopic (exact) mass is 274 g/mol. The van der Waals surface area contributed by atoms with Crippen molar-refractivity contribution in [1.82, 2.24) is 14.4 Å². The van der Waals surface area contributed by atoms with Crippen molar-refractivity contribution in [2.45, 2.75) is 45.6 Å². The van der Waals surface area contributed by atoms with Crippen LogP contribution in [0.3, 0.4) is 0 Å². The van der Waals surface area contributed by atoms with Crippen LogP contribution in [0.2, 0.25) is 0 Å². The average Bonchev–Trinajstić information content (AvgIpc) is 2.90. The summed E-state index contributed by atoms with van der Waals surface area (Å²) in [6.07, 6.45) is 10.6. The van der Waals surface area contributed by atoms with Crippen LogP contribution in [-0.2, 0) is 0 Å². The first-order valence-electron chi connectivity index (χ1n) is 7.50. The van der Waals surface area contributed by atoms with Gasteiger partial charge in [0.05, 0.1) is 6.20 Å². The zero-order chi connectivity index (χ0) is 13.9. The van der Waals surface area contributed by atoms with Crippen molar-refractivity contribution in [1.29, 1.82) is 0 Å². The molecule has 108 valence electrons. The zero-order valence-electron chi connectivity index (χ0n) is 12.2. The first kappa shape index (κ1) is 13.2. The minimum atomic E-state index is 0.274. The maximum atomic E-state index is 6.13. The average molecular weight is 274 g/mol. The fraction of sp³-hybridized carbons (Fsp3) is 0.600. The van der Waals surface area contributed by atoms with E-state index < -0.39 is 0 Å². The zero-order valence-corrected chi connectivity index (χ0v) is 12.2. The Labute approximate surface area is 119 Å². The van der Waals surface area contributed by atoms with Crippen molar-refractivity contribution in [2.75, 3.05) is 11.9 Å². The van der Waals surface area contributed by atoms with Crippen LogP contribution in [0.25, 0.3) is 5.65 Å². The molecule has 0 atom stereocenters. The summed E-state index contributed by atoms with van der Waals surface area (Å²) in [7, 11) is 0. The Kier molecular flexibility index (Phi) is 3.76. The number of rotatable bonds is 4. The van der Waals surface area contributed by atoms with Gasteiger partial charge < -0.3 is 10.1 Å². The van der Waals surface area contributed by atoms with Crippen molar-refractivity contribution in [2.24, 2.45) is 5.92 Å². The molecule has 2 aromatic rings. The van der Waals surface area contributed by atoms with Crippen LogP contribution in [0.1, 0.15) is 39.5 Å². The molecule has 0 unspecified atom stereocenters. The Morgan fingerprint density at radius 1 is 1.35 bits per heavy atom. The Morgan fingerprint density at radius 2 is 2.15 bits per heavy atom. The maximum Gasteiger partial charge on any atom is 0.260 e. The van der Waals surface area contributed by atoms with Gasteiger partial charge in [-0.25, -0.2) is 4.98 Å². The van der Waals surface area contributed by atoms with Crippen molar-refractivity contribution in [3.8, 4) is 5.88 Å². The van der Waals surface area contributed by atoms with Crippen LogP contribution in [0.4, 0.5) is 5.82 Å². The highest BCUT2D eigenvalue weighted by molar-refractivity contribution is 5.53. The highest BCUT2D eigenvalue weighted by Crippen LogP contribution is 2.28. The molecule has 0 saturated heterocycles. The third-order valence-electron chi connectivity index (χ3n) is 3.94. The fourth-order valence-corrected chi connectivity index (χ4v) is 2.75. The first-order chi connectivity index (χ1) is 9.76. The van der Waals surface area contributed by atoms with Gasteiger partial charge in [-0.2, -0.15) is 4.98 Å². The van der Waals surface area contributed by atoms with Gasteiger partial charge in [0.1, 0.15) is 11.9 Å². The molecule has 2 heterocycles. The second kappa shape index (κ2) is 5.69. The molecule has 1 fully saturated rings. The second-order valence-corrected chi connectivity index (χ2v) is 5.62. The first-order valence-corrected chi connectivity index (χ1v) is 7.50. The Bertz CT molecular complexity index is 572. The number of imidazole rings is 1. The van der Waals surface area contributed by atoms with E-state index in [9.17, 15) is 0 Å². The summed E-state index contributed by atoms with van der Waals surface area (Å²) in [5.41, 5.74) is 0.797.